The van der Waals surface area contributed by atoms with E-state index in [2.05, 4.69) is 15.3 Å². The first-order valence-corrected chi connectivity index (χ1v) is 7.44. The first-order chi connectivity index (χ1) is 10.1. The topological polar surface area (TPSA) is 73.3 Å². The number of esters is 1. The van der Waals surface area contributed by atoms with Crippen LogP contribution in [0.4, 0.5) is 5.95 Å². The summed E-state index contributed by atoms with van der Waals surface area (Å²) < 4.78 is 10.3. The van der Waals surface area contributed by atoms with Crippen molar-refractivity contribution < 1.29 is 14.3 Å². The van der Waals surface area contributed by atoms with Crippen LogP contribution < -0.4 is 5.32 Å². The Bertz CT molecular complexity index is 485. The molecule has 1 N–H and O–H groups in total. The molecule has 1 saturated carbocycles. The zero-order valence-corrected chi connectivity index (χ0v) is 12.9. The average Bonchev–Trinajstić information content (AvgIpc) is 2.48. The van der Waals surface area contributed by atoms with Crippen molar-refractivity contribution in [1.82, 2.24) is 9.97 Å². The number of hydrogen-bond donors (Lipinski definition) is 1. The monoisotopic (exact) mass is 293 g/mol. The number of anilines is 1. The van der Waals surface area contributed by atoms with Crippen LogP contribution in [0.25, 0.3) is 0 Å². The van der Waals surface area contributed by atoms with E-state index in [-0.39, 0.29) is 5.97 Å². The van der Waals surface area contributed by atoms with E-state index in [0.717, 1.165) is 25.7 Å². The van der Waals surface area contributed by atoms with Crippen molar-refractivity contribution in [2.45, 2.75) is 51.7 Å². The maximum absolute atomic E-state index is 11.7. The van der Waals surface area contributed by atoms with Gasteiger partial charge in [-0.25, -0.2) is 14.8 Å². The predicted octanol–water partition coefficient (Wildman–Crippen LogP) is 2.33. The number of hydrogen-bond acceptors (Lipinski definition) is 6. The van der Waals surface area contributed by atoms with Crippen molar-refractivity contribution in [3.05, 3.63) is 17.5 Å². The lowest BCUT2D eigenvalue weighted by Gasteiger charge is -2.28. The van der Waals surface area contributed by atoms with Gasteiger partial charge in [0.05, 0.1) is 24.0 Å². The van der Waals surface area contributed by atoms with E-state index in [1.807, 2.05) is 0 Å². The van der Waals surface area contributed by atoms with E-state index in [1.54, 1.807) is 21.0 Å². The fraction of sp³-hybridized carbons (Fsp3) is 0.667. The van der Waals surface area contributed by atoms with Crippen molar-refractivity contribution in [2.24, 2.45) is 0 Å². The third kappa shape index (κ3) is 4.14. The SMILES string of the molecule is CCOC(=O)c1cnc(NC2CCC(OC)CC2)nc1C. The molecule has 0 bridgehead atoms. The Morgan fingerprint density at radius 3 is 2.67 bits per heavy atom. The molecular formula is C15H23N3O3. The summed E-state index contributed by atoms with van der Waals surface area (Å²) in [6.07, 6.45) is 6.09. The molecule has 0 atom stereocenters. The van der Waals surface area contributed by atoms with Gasteiger partial charge in [0.15, 0.2) is 0 Å². The first kappa shape index (κ1) is 15.7. The quantitative estimate of drug-likeness (QED) is 0.840. The van der Waals surface area contributed by atoms with Crippen LogP contribution in [0.5, 0.6) is 0 Å². The summed E-state index contributed by atoms with van der Waals surface area (Å²) in [5.41, 5.74) is 1.06. The number of aryl methyl sites for hydroxylation is 1. The maximum atomic E-state index is 11.7. The number of nitrogens with zero attached hydrogens (tertiary/aromatic N) is 2. The van der Waals surface area contributed by atoms with Crippen molar-refractivity contribution in [1.29, 1.82) is 0 Å². The molecule has 1 fully saturated rings. The number of carbonyl (C=O) groups excluding carboxylic acids is 1. The highest BCUT2D eigenvalue weighted by atomic mass is 16.5. The summed E-state index contributed by atoms with van der Waals surface area (Å²) in [5, 5.41) is 3.33. The van der Waals surface area contributed by atoms with Gasteiger partial charge < -0.3 is 14.8 Å². The Kier molecular flexibility index (Phi) is 5.50. The summed E-state index contributed by atoms with van der Waals surface area (Å²) in [4.78, 5) is 20.3. The molecule has 1 aliphatic rings. The van der Waals surface area contributed by atoms with Gasteiger partial charge in [0, 0.05) is 19.3 Å². The average molecular weight is 293 g/mol. The Hall–Kier alpha value is -1.69. The van der Waals surface area contributed by atoms with Crippen molar-refractivity contribution in [2.75, 3.05) is 19.0 Å². The third-order valence-corrected chi connectivity index (χ3v) is 3.82. The van der Waals surface area contributed by atoms with E-state index >= 15 is 0 Å². The Morgan fingerprint density at radius 2 is 2.10 bits per heavy atom. The summed E-state index contributed by atoms with van der Waals surface area (Å²) in [6.45, 7) is 3.92. The molecule has 0 radical (unpaired) electrons. The fourth-order valence-corrected chi connectivity index (χ4v) is 2.57. The second kappa shape index (κ2) is 7.36. The van der Waals surface area contributed by atoms with E-state index in [0.29, 0.717) is 36.0 Å². The third-order valence-electron chi connectivity index (χ3n) is 3.82. The molecule has 0 unspecified atom stereocenters. The molecule has 1 aliphatic carbocycles. The van der Waals surface area contributed by atoms with Crippen LogP contribution in [0.3, 0.4) is 0 Å². The number of methoxy groups -OCH3 is 1. The molecule has 21 heavy (non-hydrogen) atoms. The van der Waals surface area contributed by atoms with Gasteiger partial charge in [0.2, 0.25) is 5.95 Å². The molecule has 6 nitrogen and oxygen atoms in total. The minimum Gasteiger partial charge on any atom is -0.462 e. The molecule has 0 amide bonds. The van der Waals surface area contributed by atoms with Crippen molar-refractivity contribution in [3.63, 3.8) is 0 Å². The lowest BCUT2D eigenvalue weighted by atomic mass is 9.93. The van der Waals surface area contributed by atoms with E-state index < -0.39 is 0 Å². The molecule has 1 aromatic heterocycles. The zero-order valence-electron chi connectivity index (χ0n) is 12.9. The van der Waals surface area contributed by atoms with Gasteiger partial charge in [-0.3, -0.25) is 0 Å². The molecule has 1 aromatic rings. The molecule has 2 rings (SSSR count). The van der Waals surface area contributed by atoms with Crippen molar-refractivity contribution >= 4 is 11.9 Å². The van der Waals surface area contributed by atoms with Crippen LogP contribution in [0, 0.1) is 6.92 Å². The maximum Gasteiger partial charge on any atom is 0.341 e. The predicted molar refractivity (Wildman–Crippen MR) is 79.4 cm³/mol. The van der Waals surface area contributed by atoms with Gasteiger partial charge in [0.25, 0.3) is 0 Å². The molecule has 116 valence electrons. The van der Waals surface area contributed by atoms with Crippen molar-refractivity contribution in [3.8, 4) is 0 Å². The van der Waals surface area contributed by atoms with Gasteiger partial charge >= 0.3 is 5.97 Å². The Morgan fingerprint density at radius 1 is 1.38 bits per heavy atom. The molecule has 0 spiro atoms. The zero-order chi connectivity index (χ0) is 15.2. The normalized spacial score (nSPS) is 21.9. The largest absolute Gasteiger partial charge is 0.462 e. The summed E-state index contributed by atoms with van der Waals surface area (Å²) in [5.74, 6) is 0.198. The van der Waals surface area contributed by atoms with E-state index in [1.165, 1.54) is 6.20 Å². The molecule has 1 heterocycles. The number of carbonyl (C=O) groups is 1. The van der Waals surface area contributed by atoms with E-state index in [4.69, 9.17) is 9.47 Å². The summed E-state index contributed by atoms with van der Waals surface area (Å²) >= 11 is 0. The molecule has 6 heteroatoms. The molecule has 0 aromatic carbocycles. The minimum absolute atomic E-state index is 0.348. The fourth-order valence-electron chi connectivity index (χ4n) is 2.57. The highest BCUT2D eigenvalue weighted by Gasteiger charge is 2.21. The standard InChI is InChI=1S/C15H23N3O3/c1-4-21-14(19)13-9-16-15(17-10(13)2)18-11-5-7-12(20-3)8-6-11/h9,11-12H,4-8H2,1-3H3,(H,16,17,18). The van der Waals surface area contributed by atoms with Crippen LogP contribution in [0.15, 0.2) is 6.20 Å². The van der Waals surface area contributed by atoms with Gasteiger partial charge in [-0.1, -0.05) is 0 Å². The van der Waals surface area contributed by atoms with Crippen LogP contribution in [-0.2, 0) is 9.47 Å². The lowest BCUT2D eigenvalue weighted by molar-refractivity contribution is 0.0524. The van der Waals surface area contributed by atoms with Crippen LogP contribution in [-0.4, -0.2) is 41.8 Å². The van der Waals surface area contributed by atoms with Gasteiger partial charge in [-0.2, -0.15) is 0 Å². The number of ether oxygens (including phenoxy) is 2. The Labute approximate surface area is 125 Å². The van der Waals surface area contributed by atoms with Gasteiger partial charge in [-0.05, 0) is 39.5 Å². The molecule has 0 saturated heterocycles. The first-order valence-electron chi connectivity index (χ1n) is 7.44. The summed E-state index contributed by atoms with van der Waals surface area (Å²) in [6, 6.07) is 0.365. The van der Waals surface area contributed by atoms with Crippen LogP contribution in [0.2, 0.25) is 0 Å². The second-order valence-corrected chi connectivity index (χ2v) is 5.27. The van der Waals surface area contributed by atoms with Crippen LogP contribution in [0.1, 0.15) is 48.7 Å². The van der Waals surface area contributed by atoms with Gasteiger partial charge in [-0.15, -0.1) is 0 Å². The Balaban J connectivity index is 1.96. The smallest absolute Gasteiger partial charge is 0.341 e. The second-order valence-electron chi connectivity index (χ2n) is 5.27. The highest BCUT2D eigenvalue weighted by Crippen LogP contribution is 2.23. The number of rotatable bonds is 5. The highest BCUT2D eigenvalue weighted by molar-refractivity contribution is 5.90. The van der Waals surface area contributed by atoms with Crippen LogP contribution >= 0.6 is 0 Å². The minimum atomic E-state index is -0.373. The van der Waals surface area contributed by atoms with E-state index in [9.17, 15) is 4.79 Å². The number of nitrogens with one attached hydrogen (secondary N) is 1. The molecular weight excluding hydrogens is 270 g/mol. The van der Waals surface area contributed by atoms with Gasteiger partial charge in [0.1, 0.15) is 0 Å². The number of aromatic nitrogens is 2. The summed E-state index contributed by atoms with van der Waals surface area (Å²) in [7, 11) is 1.76. The lowest BCUT2D eigenvalue weighted by Crippen LogP contribution is -2.30. The molecule has 0 aliphatic heterocycles.